The summed E-state index contributed by atoms with van der Waals surface area (Å²) in [5.41, 5.74) is 3.96. The average Bonchev–Trinajstić information content (AvgIpc) is 3.39. The summed E-state index contributed by atoms with van der Waals surface area (Å²) in [6.07, 6.45) is 4.28. The van der Waals surface area contributed by atoms with Gasteiger partial charge in [-0.05, 0) is 43.9 Å². The lowest BCUT2D eigenvalue weighted by Gasteiger charge is -2.20. The Hall–Kier alpha value is -2.84. The van der Waals surface area contributed by atoms with Crippen molar-refractivity contribution in [3.05, 3.63) is 41.8 Å². The maximum absolute atomic E-state index is 14.8. The van der Waals surface area contributed by atoms with Gasteiger partial charge in [0.1, 0.15) is 11.1 Å². The molecule has 0 spiro atoms. The van der Waals surface area contributed by atoms with E-state index in [2.05, 4.69) is 15.0 Å². The Bertz CT molecular complexity index is 1280. The largest absolute Gasteiger partial charge is 0.485 e. The van der Waals surface area contributed by atoms with E-state index in [0.717, 1.165) is 51.1 Å². The van der Waals surface area contributed by atoms with Gasteiger partial charge in [-0.3, -0.25) is 0 Å². The van der Waals surface area contributed by atoms with Gasteiger partial charge >= 0.3 is 0 Å². The van der Waals surface area contributed by atoms with Gasteiger partial charge in [0.15, 0.2) is 11.6 Å². The third-order valence-electron chi connectivity index (χ3n) is 5.62. The molecule has 1 aliphatic carbocycles. The fraction of sp³-hybridized carbons (Fsp3) is 0.348. The highest BCUT2D eigenvalue weighted by Crippen LogP contribution is 2.38. The lowest BCUT2D eigenvalue weighted by atomic mass is 10.1. The van der Waals surface area contributed by atoms with Crippen LogP contribution in [-0.4, -0.2) is 41.4 Å². The molecule has 2 aromatic carbocycles. The van der Waals surface area contributed by atoms with Crippen molar-refractivity contribution in [1.29, 1.82) is 0 Å². The molecule has 1 unspecified atom stereocenters. The van der Waals surface area contributed by atoms with E-state index in [1.165, 1.54) is 17.4 Å². The third kappa shape index (κ3) is 3.70. The summed E-state index contributed by atoms with van der Waals surface area (Å²) in [5, 5.41) is 0.760. The molecule has 31 heavy (non-hydrogen) atoms. The van der Waals surface area contributed by atoms with Crippen molar-refractivity contribution in [2.75, 3.05) is 14.2 Å². The van der Waals surface area contributed by atoms with Gasteiger partial charge in [-0.2, -0.15) is 0 Å². The predicted molar refractivity (Wildman–Crippen MR) is 118 cm³/mol. The zero-order valence-corrected chi connectivity index (χ0v) is 18.3. The topological polar surface area (TPSA) is 66.4 Å². The van der Waals surface area contributed by atoms with Crippen LogP contribution in [-0.2, 0) is 4.74 Å². The van der Waals surface area contributed by atoms with Crippen LogP contribution >= 0.6 is 11.3 Å². The molecular weight excluding hydrogens is 417 g/mol. The molecule has 0 radical (unpaired) electrons. The molecule has 0 amide bonds. The number of hydrogen-bond acceptors (Lipinski definition) is 7. The SMILES string of the molecule is COc1cnc2c(-c3nc4cc(F)c(OC5CCC[C@H]5OC)cc4s3)cc(C)cc2n1. The van der Waals surface area contributed by atoms with Crippen molar-refractivity contribution in [3.8, 4) is 22.2 Å². The van der Waals surface area contributed by atoms with Gasteiger partial charge < -0.3 is 14.2 Å². The fourth-order valence-electron chi connectivity index (χ4n) is 4.10. The van der Waals surface area contributed by atoms with E-state index in [1.807, 2.05) is 19.1 Å². The lowest BCUT2D eigenvalue weighted by Crippen LogP contribution is -2.27. The monoisotopic (exact) mass is 439 g/mol. The molecule has 4 aromatic rings. The highest BCUT2D eigenvalue weighted by Gasteiger charge is 2.30. The Morgan fingerprint density at radius 3 is 2.68 bits per heavy atom. The van der Waals surface area contributed by atoms with Gasteiger partial charge in [0.05, 0.1) is 40.7 Å². The first-order valence-corrected chi connectivity index (χ1v) is 11.0. The summed E-state index contributed by atoms with van der Waals surface area (Å²) in [5.74, 6) is 0.290. The van der Waals surface area contributed by atoms with Crippen LogP contribution in [0.4, 0.5) is 4.39 Å². The number of ether oxygens (including phenoxy) is 3. The van der Waals surface area contributed by atoms with Crippen LogP contribution < -0.4 is 9.47 Å². The number of benzene rings is 2. The van der Waals surface area contributed by atoms with Crippen LogP contribution in [0.2, 0.25) is 0 Å². The molecular formula is C23H22FN3O3S. The number of thiazole rings is 1. The number of nitrogens with zero attached hydrogens (tertiary/aromatic N) is 3. The number of rotatable bonds is 5. The van der Waals surface area contributed by atoms with Gasteiger partial charge in [-0.1, -0.05) is 0 Å². The molecule has 8 heteroatoms. The molecule has 0 aliphatic heterocycles. The predicted octanol–water partition coefficient (Wildman–Crippen LogP) is 5.31. The first-order chi connectivity index (χ1) is 15.1. The number of methoxy groups -OCH3 is 2. The van der Waals surface area contributed by atoms with E-state index in [-0.39, 0.29) is 18.0 Å². The van der Waals surface area contributed by atoms with Crippen molar-refractivity contribution >= 4 is 32.6 Å². The molecule has 5 rings (SSSR count). The van der Waals surface area contributed by atoms with E-state index in [4.69, 9.17) is 14.2 Å². The number of fused-ring (bicyclic) bond motifs is 2. The summed E-state index contributed by atoms with van der Waals surface area (Å²) in [4.78, 5) is 13.7. The number of aryl methyl sites for hydroxylation is 1. The summed E-state index contributed by atoms with van der Waals surface area (Å²) >= 11 is 1.48. The highest BCUT2D eigenvalue weighted by atomic mass is 32.1. The molecule has 1 fully saturated rings. The molecule has 0 N–H and O–H groups in total. The number of halogens is 1. The smallest absolute Gasteiger partial charge is 0.232 e. The van der Waals surface area contributed by atoms with Gasteiger partial charge in [-0.15, -0.1) is 11.3 Å². The molecule has 160 valence electrons. The second-order valence-corrected chi connectivity index (χ2v) is 8.75. The molecule has 0 saturated heterocycles. The summed E-state index contributed by atoms with van der Waals surface area (Å²) in [6, 6.07) is 7.16. The fourth-order valence-corrected chi connectivity index (χ4v) is 5.10. The first-order valence-electron chi connectivity index (χ1n) is 10.2. The maximum Gasteiger partial charge on any atom is 0.232 e. The van der Waals surface area contributed by atoms with Gasteiger partial charge in [0.25, 0.3) is 0 Å². The van der Waals surface area contributed by atoms with Crippen LogP contribution in [0.15, 0.2) is 30.5 Å². The first kappa shape index (κ1) is 20.1. The van der Waals surface area contributed by atoms with Crippen molar-refractivity contribution < 1.29 is 18.6 Å². The molecule has 1 aliphatic rings. The van der Waals surface area contributed by atoms with Crippen LogP contribution in [0.1, 0.15) is 24.8 Å². The second-order valence-electron chi connectivity index (χ2n) is 7.72. The molecule has 0 bridgehead atoms. The second kappa shape index (κ2) is 8.01. The van der Waals surface area contributed by atoms with Gasteiger partial charge in [-0.25, -0.2) is 19.3 Å². The van der Waals surface area contributed by atoms with Crippen molar-refractivity contribution in [3.63, 3.8) is 0 Å². The quantitative estimate of drug-likeness (QED) is 0.420. The van der Waals surface area contributed by atoms with Crippen molar-refractivity contribution in [1.82, 2.24) is 15.0 Å². The van der Waals surface area contributed by atoms with E-state index in [1.54, 1.807) is 26.5 Å². The normalized spacial score (nSPS) is 18.7. The zero-order chi connectivity index (χ0) is 21.5. The van der Waals surface area contributed by atoms with E-state index >= 15 is 0 Å². The van der Waals surface area contributed by atoms with Crippen LogP contribution in [0.25, 0.3) is 31.8 Å². The number of aromatic nitrogens is 3. The molecule has 6 nitrogen and oxygen atoms in total. The third-order valence-corrected chi connectivity index (χ3v) is 6.68. The standard InChI is InChI=1S/C23H22FN3O3S/c1-12-7-13(22-16(8-12)26-21(29-3)11-25-22)23-27-15-9-14(24)19(10-20(15)31-23)30-18-6-4-5-17(18)28-2/h7-11,17-18H,4-6H2,1-3H3/t17-,18?/m1/s1. The molecule has 2 heterocycles. The highest BCUT2D eigenvalue weighted by molar-refractivity contribution is 7.21. The lowest BCUT2D eigenvalue weighted by molar-refractivity contribution is 0.0213. The van der Waals surface area contributed by atoms with Crippen molar-refractivity contribution in [2.24, 2.45) is 0 Å². The van der Waals surface area contributed by atoms with Crippen LogP contribution in [0, 0.1) is 12.7 Å². The van der Waals surface area contributed by atoms with E-state index in [0.29, 0.717) is 11.4 Å². The maximum atomic E-state index is 14.8. The molecule has 2 atom stereocenters. The summed E-state index contributed by atoms with van der Waals surface area (Å²) in [6.45, 7) is 2.00. The average molecular weight is 440 g/mol. The summed E-state index contributed by atoms with van der Waals surface area (Å²) < 4.78 is 32.3. The van der Waals surface area contributed by atoms with E-state index < -0.39 is 5.82 Å². The zero-order valence-electron chi connectivity index (χ0n) is 17.5. The van der Waals surface area contributed by atoms with Gasteiger partial charge in [0, 0.05) is 24.8 Å². The summed E-state index contributed by atoms with van der Waals surface area (Å²) in [7, 11) is 3.24. The Balaban J connectivity index is 1.56. The van der Waals surface area contributed by atoms with Crippen LogP contribution in [0.5, 0.6) is 11.6 Å². The minimum atomic E-state index is -0.412. The van der Waals surface area contributed by atoms with Crippen molar-refractivity contribution in [2.45, 2.75) is 38.4 Å². The van der Waals surface area contributed by atoms with E-state index in [9.17, 15) is 4.39 Å². The Kier molecular flexibility index (Phi) is 5.19. The minimum Gasteiger partial charge on any atom is -0.485 e. The number of hydrogen-bond donors (Lipinski definition) is 0. The van der Waals surface area contributed by atoms with Gasteiger partial charge in [0.2, 0.25) is 5.88 Å². The Labute approximate surface area is 183 Å². The molecule has 1 saturated carbocycles. The minimum absolute atomic E-state index is 0.00124. The Morgan fingerprint density at radius 2 is 1.87 bits per heavy atom. The van der Waals surface area contributed by atoms with Crippen LogP contribution in [0.3, 0.4) is 0 Å². The Morgan fingerprint density at radius 1 is 1.03 bits per heavy atom. The molecule has 2 aromatic heterocycles.